The lowest BCUT2D eigenvalue weighted by atomic mass is 10.1. The van der Waals surface area contributed by atoms with Crippen molar-refractivity contribution in [3.05, 3.63) is 23.3 Å². The van der Waals surface area contributed by atoms with Gasteiger partial charge >= 0.3 is 0 Å². The van der Waals surface area contributed by atoms with Crippen molar-refractivity contribution in [2.75, 3.05) is 0 Å². The summed E-state index contributed by atoms with van der Waals surface area (Å²) in [4.78, 5) is 0. The number of rotatable bonds is 2. The van der Waals surface area contributed by atoms with Crippen molar-refractivity contribution in [1.82, 2.24) is 0 Å². The first kappa shape index (κ1) is 8.83. The van der Waals surface area contributed by atoms with Crippen LogP contribution in [0, 0.1) is 0 Å². The number of phenols is 2. The van der Waals surface area contributed by atoms with Crippen LogP contribution in [0.3, 0.4) is 0 Å². The van der Waals surface area contributed by atoms with Gasteiger partial charge in [0, 0.05) is 11.1 Å². The van der Waals surface area contributed by atoms with Gasteiger partial charge in [0.2, 0.25) is 0 Å². The topological polar surface area (TPSA) is 80.9 Å². The number of hydrogen-bond donors (Lipinski definition) is 4. The fraction of sp³-hybridized carbons (Fsp3) is 0.250. The number of aromatic hydroxyl groups is 2. The lowest BCUT2D eigenvalue weighted by Gasteiger charge is -2.05. The second-order valence-electron chi connectivity index (χ2n) is 2.43. The van der Waals surface area contributed by atoms with E-state index in [0.29, 0.717) is 0 Å². The van der Waals surface area contributed by atoms with E-state index in [2.05, 4.69) is 0 Å². The van der Waals surface area contributed by atoms with E-state index in [9.17, 15) is 0 Å². The third kappa shape index (κ3) is 1.49. The summed E-state index contributed by atoms with van der Waals surface area (Å²) in [5, 5.41) is 35.7. The molecule has 4 nitrogen and oxygen atoms in total. The molecule has 0 saturated carbocycles. The van der Waals surface area contributed by atoms with Crippen LogP contribution in [0.4, 0.5) is 0 Å². The summed E-state index contributed by atoms with van der Waals surface area (Å²) in [6.45, 7) is -0.684. The van der Waals surface area contributed by atoms with Crippen LogP contribution < -0.4 is 0 Å². The standard InChI is InChI=1S/C8H10O4/c9-3-5-1-7(11)6(4-10)2-8(5)12/h1-2,9-12H,3-4H2. The number of aliphatic hydroxyl groups excluding tert-OH is 2. The predicted molar refractivity (Wildman–Crippen MR) is 41.6 cm³/mol. The van der Waals surface area contributed by atoms with Crippen molar-refractivity contribution in [3.8, 4) is 11.5 Å². The molecule has 0 bridgehead atoms. The van der Waals surface area contributed by atoms with Gasteiger partial charge in [-0.05, 0) is 12.1 Å². The van der Waals surface area contributed by atoms with Crippen LogP contribution in [0.2, 0.25) is 0 Å². The van der Waals surface area contributed by atoms with Crippen molar-refractivity contribution in [1.29, 1.82) is 0 Å². The van der Waals surface area contributed by atoms with Gasteiger partial charge in [0.25, 0.3) is 0 Å². The molecule has 0 amide bonds. The molecule has 66 valence electrons. The van der Waals surface area contributed by atoms with Crippen LogP contribution in [0.25, 0.3) is 0 Å². The Morgan fingerprint density at radius 2 is 1.17 bits per heavy atom. The first-order valence-corrected chi connectivity index (χ1v) is 3.44. The van der Waals surface area contributed by atoms with Gasteiger partial charge < -0.3 is 20.4 Å². The summed E-state index contributed by atoms with van der Waals surface area (Å²) in [6.07, 6.45) is 0. The molecule has 0 saturated heterocycles. The molecule has 1 aromatic carbocycles. The van der Waals surface area contributed by atoms with E-state index >= 15 is 0 Å². The van der Waals surface area contributed by atoms with E-state index in [0.717, 1.165) is 0 Å². The quantitative estimate of drug-likeness (QED) is 0.474. The van der Waals surface area contributed by atoms with Crippen LogP contribution in [-0.2, 0) is 13.2 Å². The maximum Gasteiger partial charge on any atom is 0.121 e. The summed E-state index contributed by atoms with van der Waals surface area (Å²) in [7, 11) is 0. The highest BCUT2D eigenvalue weighted by atomic mass is 16.3. The first-order chi connectivity index (χ1) is 5.69. The summed E-state index contributed by atoms with van der Waals surface area (Å²) < 4.78 is 0. The molecule has 0 radical (unpaired) electrons. The van der Waals surface area contributed by atoms with Gasteiger partial charge in [-0.15, -0.1) is 0 Å². The molecule has 12 heavy (non-hydrogen) atoms. The van der Waals surface area contributed by atoms with Crippen molar-refractivity contribution in [2.24, 2.45) is 0 Å². The average Bonchev–Trinajstić information content (AvgIpc) is 2.08. The molecule has 1 rings (SSSR count). The lowest BCUT2D eigenvalue weighted by molar-refractivity contribution is 0.267. The molecular formula is C8H10O4. The maximum atomic E-state index is 9.16. The molecule has 0 unspecified atom stereocenters. The van der Waals surface area contributed by atoms with Crippen LogP contribution in [0.15, 0.2) is 12.1 Å². The summed E-state index contributed by atoms with van der Waals surface area (Å²) in [6, 6.07) is 2.45. The average molecular weight is 170 g/mol. The highest BCUT2D eigenvalue weighted by Crippen LogP contribution is 2.26. The Labute approximate surface area is 69.3 Å². The molecule has 0 aliphatic rings. The van der Waals surface area contributed by atoms with Crippen molar-refractivity contribution < 1.29 is 20.4 Å². The van der Waals surface area contributed by atoms with E-state index in [1.807, 2.05) is 0 Å². The Balaban J connectivity index is 3.16. The largest absolute Gasteiger partial charge is 0.508 e. The minimum Gasteiger partial charge on any atom is -0.508 e. The molecule has 0 atom stereocenters. The molecule has 4 heteroatoms. The summed E-state index contributed by atoms with van der Waals surface area (Å²) in [5.41, 5.74) is 0.481. The van der Waals surface area contributed by atoms with Gasteiger partial charge in [-0.2, -0.15) is 0 Å². The molecule has 4 N–H and O–H groups in total. The lowest BCUT2D eigenvalue weighted by Crippen LogP contribution is -1.89. The van der Waals surface area contributed by atoms with Crippen LogP contribution in [-0.4, -0.2) is 20.4 Å². The van der Waals surface area contributed by atoms with Gasteiger partial charge in [0.15, 0.2) is 0 Å². The highest BCUT2D eigenvalue weighted by molar-refractivity contribution is 5.44. The zero-order valence-corrected chi connectivity index (χ0v) is 6.36. The minimum absolute atomic E-state index is 0.126. The zero-order valence-electron chi connectivity index (χ0n) is 6.36. The normalized spacial score (nSPS) is 10.2. The van der Waals surface area contributed by atoms with Gasteiger partial charge in [0.05, 0.1) is 13.2 Å². The number of hydrogen-bond acceptors (Lipinski definition) is 4. The van der Waals surface area contributed by atoms with E-state index in [1.54, 1.807) is 0 Å². The van der Waals surface area contributed by atoms with E-state index in [-0.39, 0.29) is 35.8 Å². The molecule has 0 fully saturated rings. The SMILES string of the molecule is OCc1cc(O)c(CO)cc1O. The molecule has 1 aromatic rings. The van der Waals surface area contributed by atoms with E-state index in [4.69, 9.17) is 20.4 Å². The Hall–Kier alpha value is -1.26. The molecule has 0 aromatic heterocycles. The Bertz CT molecular complexity index is 253. The fourth-order valence-electron chi connectivity index (χ4n) is 0.917. The second kappa shape index (κ2) is 3.42. The maximum absolute atomic E-state index is 9.16. The van der Waals surface area contributed by atoms with Crippen molar-refractivity contribution >= 4 is 0 Å². The smallest absolute Gasteiger partial charge is 0.121 e. The molecule has 0 heterocycles. The van der Waals surface area contributed by atoms with Gasteiger partial charge in [-0.3, -0.25) is 0 Å². The monoisotopic (exact) mass is 170 g/mol. The second-order valence-corrected chi connectivity index (χ2v) is 2.43. The van der Waals surface area contributed by atoms with Crippen LogP contribution >= 0.6 is 0 Å². The predicted octanol–water partition coefficient (Wildman–Crippen LogP) is 0.0824. The Morgan fingerprint density at radius 3 is 1.42 bits per heavy atom. The van der Waals surface area contributed by atoms with Gasteiger partial charge in [-0.25, -0.2) is 0 Å². The number of aliphatic hydroxyl groups is 2. The summed E-state index contributed by atoms with van der Waals surface area (Å²) >= 11 is 0. The van der Waals surface area contributed by atoms with Gasteiger partial charge in [0.1, 0.15) is 11.5 Å². The third-order valence-corrected chi connectivity index (χ3v) is 1.62. The fourth-order valence-corrected chi connectivity index (χ4v) is 0.917. The Kier molecular flexibility index (Phi) is 2.52. The number of benzene rings is 1. The molecule has 0 aliphatic heterocycles. The van der Waals surface area contributed by atoms with Crippen LogP contribution in [0.1, 0.15) is 11.1 Å². The molecule has 0 spiro atoms. The van der Waals surface area contributed by atoms with Gasteiger partial charge in [-0.1, -0.05) is 0 Å². The van der Waals surface area contributed by atoms with E-state index in [1.165, 1.54) is 12.1 Å². The van der Waals surface area contributed by atoms with Crippen LogP contribution in [0.5, 0.6) is 11.5 Å². The van der Waals surface area contributed by atoms with E-state index < -0.39 is 0 Å². The first-order valence-electron chi connectivity index (χ1n) is 3.44. The third-order valence-electron chi connectivity index (χ3n) is 1.62. The molecule has 0 aliphatic carbocycles. The summed E-state index contributed by atoms with van der Waals surface area (Å²) in [5.74, 6) is -0.251. The van der Waals surface area contributed by atoms with Crippen molar-refractivity contribution in [2.45, 2.75) is 13.2 Å². The highest BCUT2D eigenvalue weighted by Gasteiger charge is 2.06. The minimum atomic E-state index is -0.342. The van der Waals surface area contributed by atoms with Crippen molar-refractivity contribution in [3.63, 3.8) is 0 Å². The Morgan fingerprint density at radius 1 is 0.833 bits per heavy atom. The zero-order chi connectivity index (χ0) is 9.14. The molecular weight excluding hydrogens is 160 g/mol.